The molecule has 102 valence electrons. The molecule has 0 N–H and O–H groups in total. The first-order valence-electron chi connectivity index (χ1n) is 6.08. The normalized spacial score (nSPS) is 19.4. The van der Waals surface area contributed by atoms with Crippen LogP contribution in [-0.2, 0) is 4.79 Å². The molecule has 0 saturated heterocycles. The second-order valence-corrected chi connectivity index (χ2v) is 6.58. The van der Waals surface area contributed by atoms with Crippen molar-refractivity contribution in [2.75, 3.05) is 13.7 Å². The van der Waals surface area contributed by atoms with Crippen molar-refractivity contribution in [1.29, 1.82) is 0 Å². The van der Waals surface area contributed by atoms with E-state index in [1.165, 1.54) is 0 Å². The molecule has 0 bridgehead atoms. The molecule has 1 aliphatic rings. The number of methoxy groups -OCH3 is 1. The molecule has 2 rings (SSSR count). The summed E-state index contributed by atoms with van der Waals surface area (Å²) < 4.78 is 6.18. The number of nitrogens with zero attached hydrogens (tertiary/aromatic N) is 1. The van der Waals surface area contributed by atoms with Crippen molar-refractivity contribution < 1.29 is 9.53 Å². The summed E-state index contributed by atoms with van der Waals surface area (Å²) in [5.41, 5.74) is 2.01. The number of alkyl halides is 1. The Morgan fingerprint density at radius 3 is 2.84 bits per heavy atom. The molecule has 19 heavy (non-hydrogen) atoms. The van der Waals surface area contributed by atoms with Crippen LogP contribution in [0.2, 0.25) is 0 Å². The van der Waals surface area contributed by atoms with Gasteiger partial charge < -0.3 is 9.64 Å². The third-order valence-corrected chi connectivity index (χ3v) is 4.81. The van der Waals surface area contributed by atoms with Gasteiger partial charge in [-0.25, -0.2) is 0 Å². The lowest BCUT2D eigenvalue weighted by molar-refractivity contribution is -0.127. The third kappa shape index (κ3) is 2.97. The summed E-state index contributed by atoms with van der Waals surface area (Å²) >= 11 is 5.76. The highest BCUT2D eigenvalue weighted by molar-refractivity contribution is 14.1. The first-order valence-corrected chi connectivity index (χ1v) is 8.11. The summed E-state index contributed by atoms with van der Waals surface area (Å²) in [5, 5.41) is 0. The fraction of sp³-hybridized carbons (Fsp3) is 0.357. The van der Waals surface area contributed by atoms with Gasteiger partial charge in [0.15, 0.2) is 0 Å². The highest BCUT2D eigenvalue weighted by atomic mass is 127. The van der Waals surface area contributed by atoms with E-state index in [0.717, 1.165) is 27.9 Å². The summed E-state index contributed by atoms with van der Waals surface area (Å²) in [7, 11) is 1.64. The minimum Gasteiger partial charge on any atom is -0.497 e. The lowest BCUT2D eigenvalue weighted by Gasteiger charge is -2.31. The van der Waals surface area contributed by atoms with Crippen molar-refractivity contribution in [2.45, 2.75) is 17.3 Å². The Bertz CT molecular complexity index is 530. The van der Waals surface area contributed by atoms with E-state index >= 15 is 0 Å². The van der Waals surface area contributed by atoms with E-state index in [1.807, 2.05) is 30.0 Å². The number of amides is 1. The fourth-order valence-corrected chi connectivity index (χ4v) is 3.28. The van der Waals surface area contributed by atoms with Crippen LogP contribution < -0.4 is 4.74 Å². The van der Waals surface area contributed by atoms with Gasteiger partial charge in [-0.15, -0.1) is 0 Å². The van der Waals surface area contributed by atoms with Gasteiger partial charge in [0.05, 0.1) is 11.0 Å². The molecule has 1 atom stereocenters. The quantitative estimate of drug-likeness (QED) is 0.533. The van der Waals surface area contributed by atoms with Crippen LogP contribution in [0, 0.1) is 0 Å². The molecule has 1 aliphatic heterocycles. The van der Waals surface area contributed by atoms with Crippen molar-refractivity contribution >= 4 is 50.1 Å². The minimum atomic E-state index is 0.0401. The highest BCUT2D eigenvalue weighted by Gasteiger charge is 2.28. The maximum absolute atomic E-state index is 12.2. The zero-order valence-corrected chi connectivity index (χ0v) is 14.6. The first-order chi connectivity index (χ1) is 9.08. The van der Waals surface area contributed by atoms with Crippen molar-refractivity contribution in [3.05, 3.63) is 34.3 Å². The van der Waals surface area contributed by atoms with E-state index in [9.17, 15) is 4.79 Å². The second-order valence-electron chi connectivity index (χ2n) is 4.22. The average molecular weight is 436 g/mol. The predicted octanol–water partition coefficient (Wildman–Crippen LogP) is 3.85. The van der Waals surface area contributed by atoms with Crippen molar-refractivity contribution in [2.24, 2.45) is 0 Å². The number of rotatable bonds is 3. The molecule has 1 amide bonds. The van der Waals surface area contributed by atoms with E-state index in [2.05, 4.69) is 44.6 Å². The number of hydrogen-bond donors (Lipinski definition) is 0. The van der Waals surface area contributed by atoms with Crippen molar-refractivity contribution in [1.82, 2.24) is 4.90 Å². The molecule has 3 nitrogen and oxygen atoms in total. The summed E-state index contributed by atoms with van der Waals surface area (Å²) in [6.45, 7) is 2.68. The zero-order valence-electron chi connectivity index (χ0n) is 10.8. The Morgan fingerprint density at radius 1 is 1.53 bits per heavy atom. The van der Waals surface area contributed by atoms with Crippen LogP contribution >= 0.6 is 38.5 Å². The standard InChI is InChI=1S/C14H15BrINO2/c1-3-17-13(7-6-12(16)14(17)18)10-5-4-9(19-2)8-11(10)15/h4-5,7-8,12H,3,6H2,1-2H3. The number of allylic oxidation sites excluding steroid dienone is 1. The van der Waals surface area contributed by atoms with Gasteiger partial charge in [0.2, 0.25) is 5.91 Å². The number of halogens is 2. The van der Waals surface area contributed by atoms with Crippen LogP contribution in [-0.4, -0.2) is 28.4 Å². The maximum atomic E-state index is 12.2. The molecule has 0 aliphatic carbocycles. The molecule has 5 heteroatoms. The number of carbonyl (C=O) groups excluding carboxylic acids is 1. The molecule has 0 spiro atoms. The molecule has 1 heterocycles. The Kier molecular flexibility index (Phi) is 4.89. The minimum absolute atomic E-state index is 0.0401. The van der Waals surface area contributed by atoms with Gasteiger partial charge >= 0.3 is 0 Å². The van der Waals surface area contributed by atoms with E-state index in [1.54, 1.807) is 7.11 Å². The number of ether oxygens (including phenoxy) is 1. The monoisotopic (exact) mass is 435 g/mol. The van der Waals surface area contributed by atoms with Crippen LogP contribution in [0.15, 0.2) is 28.7 Å². The molecule has 0 fully saturated rings. The summed E-state index contributed by atoms with van der Waals surface area (Å²) in [6.07, 6.45) is 2.91. The Morgan fingerprint density at radius 2 is 2.26 bits per heavy atom. The molecule has 0 radical (unpaired) electrons. The van der Waals surface area contributed by atoms with Gasteiger partial charge in [0.25, 0.3) is 0 Å². The van der Waals surface area contributed by atoms with Gasteiger partial charge in [-0.3, -0.25) is 4.79 Å². The van der Waals surface area contributed by atoms with Gasteiger partial charge in [-0.05, 0) is 47.5 Å². The average Bonchev–Trinajstić information content (AvgIpc) is 2.42. The highest BCUT2D eigenvalue weighted by Crippen LogP contribution is 2.34. The summed E-state index contributed by atoms with van der Waals surface area (Å²) in [4.78, 5) is 14.1. The second kappa shape index (κ2) is 6.26. The van der Waals surface area contributed by atoms with Crippen LogP contribution in [0.4, 0.5) is 0 Å². The first kappa shape index (κ1) is 14.8. The SMILES string of the molecule is CCN1C(=O)C(I)CC=C1c1ccc(OC)cc1Br. The maximum Gasteiger partial charge on any atom is 0.240 e. The smallest absolute Gasteiger partial charge is 0.240 e. The molecule has 1 aromatic rings. The van der Waals surface area contributed by atoms with Gasteiger partial charge in [0, 0.05) is 22.3 Å². The third-order valence-electron chi connectivity index (χ3n) is 3.11. The van der Waals surface area contributed by atoms with Crippen LogP contribution in [0.1, 0.15) is 18.9 Å². The molecular formula is C14H15BrINO2. The topological polar surface area (TPSA) is 29.5 Å². The number of benzene rings is 1. The lowest BCUT2D eigenvalue weighted by Crippen LogP contribution is -2.38. The number of hydrogen-bond acceptors (Lipinski definition) is 2. The summed E-state index contributed by atoms with van der Waals surface area (Å²) in [5.74, 6) is 0.983. The Balaban J connectivity index is 2.42. The van der Waals surface area contributed by atoms with E-state index in [4.69, 9.17) is 4.74 Å². The van der Waals surface area contributed by atoms with Gasteiger partial charge in [-0.1, -0.05) is 28.7 Å². The fourth-order valence-electron chi connectivity index (χ4n) is 2.13. The van der Waals surface area contributed by atoms with E-state index in [-0.39, 0.29) is 9.83 Å². The number of carbonyl (C=O) groups is 1. The Labute approximate surface area is 135 Å². The van der Waals surface area contributed by atoms with Crippen LogP contribution in [0.25, 0.3) is 5.70 Å². The van der Waals surface area contributed by atoms with E-state index < -0.39 is 0 Å². The molecule has 0 saturated carbocycles. The van der Waals surface area contributed by atoms with Crippen LogP contribution in [0.5, 0.6) is 5.75 Å². The predicted molar refractivity (Wildman–Crippen MR) is 88.5 cm³/mol. The molecule has 1 aromatic carbocycles. The zero-order chi connectivity index (χ0) is 14.0. The van der Waals surface area contributed by atoms with E-state index in [0.29, 0.717) is 6.54 Å². The molecule has 0 aromatic heterocycles. The van der Waals surface area contributed by atoms with Gasteiger partial charge in [0.1, 0.15) is 5.75 Å². The lowest BCUT2D eigenvalue weighted by atomic mass is 10.0. The molecular weight excluding hydrogens is 421 g/mol. The van der Waals surface area contributed by atoms with Gasteiger partial charge in [-0.2, -0.15) is 0 Å². The van der Waals surface area contributed by atoms with Crippen molar-refractivity contribution in [3.8, 4) is 5.75 Å². The largest absolute Gasteiger partial charge is 0.497 e. The summed E-state index contributed by atoms with van der Waals surface area (Å²) in [6, 6.07) is 5.82. The Hall–Kier alpha value is -0.560. The molecule has 1 unspecified atom stereocenters. The van der Waals surface area contributed by atoms with Crippen LogP contribution in [0.3, 0.4) is 0 Å². The van der Waals surface area contributed by atoms with Crippen molar-refractivity contribution in [3.63, 3.8) is 0 Å².